The average Bonchev–Trinajstić information content (AvgIpc) is 2.17. The van der Waals surface area contributed by atoms with Crippen LogP contribution >= 0.6 is 0 Å². The van der Waals surface area contributed by atoms with Crippen molar-refractivity contribution in [2.75, 3.05) is 12.9 Å². The standard InChI is InChI=1S/C10H12F2O3S/c1-16(14,15)9-6-8(11)5-7(10(9)12)3-2-4-13/h5-6,13H,2-4H2,1H3. The molecular weight excluding hydrogens is 238 g/mol. The van der Waals surface area contributed by atoms with Crippen molar-refractivity contribution in [1.82, 2.24) is 0 Å². The summed E-state index contributed by atoms with van der Waals surface area (Å²) in [6, 6.07) is 1.60. The summed E-state index contributed by atoms with van der Waals surface area (Å²) in [5, 5.41) is 8.58. The van der Waals surface area contributed by atoms with Gasteiger partial charge in [0.25, 0.3) is 0 Å². The van der Waals surface area contributed by atoms with Crippen molar-refractivity contribution < 1.29 is 22.3 Å². The molecule has 16 heavy (non-hydrogen) atoms. The summed E-state index contributed by atoms with van der Waals surface area (Å²) in [7, 11) is -3.78. The molecule has 1 rings (SSSR count). The van der Waals surface area contributed by atoms with Gasteiger partial charge in [-0.15, -0.1) is 0 Å². The van der Waals surface area contributed by atoms with Gasteiger partial charge in [0.15, 0.2) is 9.84 Å². The van der Waals surface area contributed by atoms with Crippen LogP contribution in [0.3, 0.4) is 0 Å². The molecule has 0 unspecified atom stereocenters. The second-order valence-corrected chi connectivity index (χ2v) is 5.46. The van der Waals surface area contributed by atoms with E-state index in [1.807, 2.05) is 0 Å². The maximum Gasteiger partial charge on any atom is 0.178 e. The molecule has 0 heterocycles. The Bertz CT molecular complexity index is 483. The molecule has 0 aliphatic rings. The fraction of sp³-hybridized carbons (Fsp3) is 0.400. The third-order valence-electron chi connectivity index (χ3n) is 2.08. The number of aliphatic hydroxyl groups excluding tert-OH is 1. The zero-order chi connectivity index (χ0) is 12.3. The van der Waals surface area contributed by atoms with E-state index in [2.05, 4.69) is 0 Å². The highest BCUT2D eigenvalue weighted by Crippen LogP contribution is 2.21. The topological polar surface area (TPSA) is 54.4 Å². The lowest BCUT2D eigenvalue weighted by Gasteiger charge is -2.07. The Hall–Kier alpha value is -1.01. The van der Waals surface area contributed by atoms with Gasteiger partial charge in [0, 0.05) is 12.9 Å². The van der Waals surface area contributed by atoms with Crippen molar-refractivity contribution >= 4 is 9.84 Å². The van der Waals surface area contributed by atoms with Crippen molar-refractivity contribution in [2.24, 2.45) is 0 Å². The smallest absolute Gasteiger partial charge is 0.178 e. The van der Waals surface area contributed by atoms with E-state index in [1.54, 1.807) is 0 Å². The van der Waals surface area contributed by atoms with Crippen molar-refractivity contribution in [2.45, 2.75) is 17.7 Å². The molecule has 1 N–H and O–H groups in total. The molecule has 0 bridgehead atoms. The Morgan fingerprint density at radius 2 is 1.94 bits per heavy atom. The number of aryl methyl sites for hydroxylation is 1. The van der Waals surface area contributed by atoms with E-state index in [1.165, 1.54) is 0 Å². The van der Waals surface area contributed by atoms with E-state index < -0.39 is 26.4 Å². The van der Waals surface area contributed by atoms with E-state index >= 15 is 0 Å². The van der Waals surface area contributed by atoms with Gasteiger partial charge >= 0.3 is 0 Å². The lowest BCUT2D eigenvalue weighted by Crippen LogP contribution is -2.05. The summed E-state index contributed by atoms with van der Waals surface area (Å²) in [6.45, 7) is -0.163. The molecule has 1 aromatic rings. The number of hydrogen-bond acceptors (Lipinski definition) is 3. The maximum absolute atomic E-state index is 13.6. The predicted molar refractivity (Wildman–Crippen MR) is 54.9 cm³/mol. The van der Waals surface area contributed by atoms with Crippen LogP contribution in [0, 0.1) is 11.6 Å². The van der Waals surface area contributed by atoms with Crippen LogP contribution in [0.5, 0.6) is 0 Å². The maximum atomic E-state index is 13.6. The van der Waals surface area contributed by atoms with Crippen LogP contribution in [0.2, 0.25) is 0 Å². The van der Waals surface area contributed by atoms with Crippen LogP contribution in [-0.4, -0.2) is 26.4 Å². The summed E-state index contributed by atoms with van der Waals surface area (Å²) in [5.41, 5.74) is -0.0329. The molecule has 0 saturated heterocycles. The van der Waals surface area contributed by atoms with E-state index in [9.17, 15) is 17.2 Å². The summed E-state index contributed by atoms with van der Waals surface area (Å²) in [5.74, 6) is -1.73. The summed E-state index contributed by atoms with van der Waals surface area (Å²) in [4.78, 5) is -0.638. The van der Waals surface area contributed by atoms with Crippen molar-refractivity contribution in [1.29, 1.82) is 0 Å². The minimum absolute atomic E-state index is 0.0329. The number of aliphatic hydroxyl groups is 1. The molecule has 0 fully saturated rings. The van der Waals surface area contributed by atoms with Crippen LogP contribution in [0.1, 0.15) is 12.0 Å². The first kappa shape index (κ1) is 13.1. The van der Waals surface area contributed by atoms with E-state index in [0.29, 0.717) is 6.07 Å². The normalized spacial score (nSPS) is 11.8. The Labute approximate surface area is 92.6 Å². The highest BCUT2D eigenvalue weighted by atomic mass is 32.2. The number of hydrogen-bond donors (Lipinski definition) is 1. The Morgan fingerprint density at radius 1 is 1.31 bits per heavy atom. The van der Waals surface area contributed by atoms with Crippen molar-refractivity contribution in [3.05, 3.63) is 29.3 Å². The monoisotopic (exact) mass is 250 g/mol. The van der Waals surface area contributed by atoms with Gasteiger partial charge in [0.1, 0.15) is 16.5 Å². The zero-order valence-electron chi connectivity index (χ0n) is 8.70. The molecule has 0 spiro atoms. The molecule has 0 saturated carbocycles. The lowest BCUT2D eigenvalue weighted by atomic mass is 10.1. The minimum atomic E-state index is -3.78. The van der Waals surface area contributed by atoms with Gasteiger partial charge in [-0.2, -0.15) is 0 Å². The molecule has 0 radical (unpaired) electrons. The van der Waals surface area contributed by atoms with Gasteiger partial charge in [0.05, 0.1) is 0 Å². The number of benzene rings is 1. The number of halogens is 2. The second-order valence-electron chi connectivity index (χ2n) is 3.48. The molecule has 1 aromatic carbocycles. The summed E-state index contributed by atoms with van der Waals surface area (Å²) in [6.07, 6.45) is 1.17. The zero-order valence-corrected chi connectivity index (χ0v) is 9.52. The molecule has 0 amide bonds. The van der Waals surface area contributed by atoms with Gasteiger partial charge in [0.2, 0.25) is 0 Å². The lowest BCUT2D eigenvalue weighted by molar-refractivity contribution is 0.288. The third kappa shape index (κ3) is 2.99. The number of rotatable bonds is 4. The Morgan fingerprint density at radius 3 is 2.44 bits per heavy atom. The van der Waals surface area contributed by atoms with Gasteiger partial charge in [-0.05, 0) is 30.5 Å². The molecule has 0 aliphatic carbocycles. The number of sulfone groups is 1. The van der Waals surface area contributed by atoms with Crippen molar-refractivity contribution in [3.63, 3.8) is 0 Å². The average molecular weight is 250 g/mol. The first-order valence-electron chi connectivity index (χ1n) is 4.65. The van der Waals surface area contributed by atoms with Gasteiger partial charge in [-0.3, -0.25) is 0 Å². The molecule has 0 aromatic heterocycles. The van der Waals surface area contributed by atoms with Crippen LogP contribution < -0.4 is 0 Å². The molecule has 0 atom stereocenters. The first-order valence-corrected chi connectivity index (χ1v) is 6.54. The minimum Gasteiger partial charge on any atom is -0.396 e. The Kier molecular flexibility index (Phi) is 3.98. The third-order valence-corrected chi connectivity index (χ3v) is 3.18. The molecular formula is C10H12F2O3S. The van der Waals surface area contributed by atoms with Crippen LogP contribution in [0.4, 0.5) is 8.78 Å². The largest absolute Gasteiger partial charge is 0.396 e. The highest BCUT2D eigenvalue weighted by molar-refractivity contribution is 7.90. The quantitative estimate of drug-likeness (QED) is 0.876. The highest BCUT2D eigenvalue weighted by Gasteiger charge is 2.18. The Balaban J connectivity index is 3.27. The van der Waals surface area contributed by atoms with Gasteiger partial charge < -0.3 is 5.11 Å². The fourth-order valence-corrected chi connectivity index (χ4v) is 2.12. The fourth-order valence-electron chi connectivity index (χ4n) is 1.34. The van der Waals surface area contributed by atoms with Crippen molar-refractivity contribution in [3.8, 4) is 0 Å². The van der Waals surface area contributed by atoms with Crippen LogP contribution in [0.25, 0.3) is 0 Å². The molecule has 90 valence electrons. The van der Waals surface area contributed by atoms with Gasteiger partial charge in [-0.25, -0.2) is 17.2 Å². The summed E-state index contributed by atoms with van der Waals surface area (Å²) < 4.78 is 49.1. The molecule has 3 nitrogen and oxygen atoms in total. The van der Waals surface area contributed by atoms with E-state index in [0.717, 1.165) is 12.3 Å². The van der Waals surface area contributed by atoms with Gasteiger partial charge in [-0.1, -0.05) is 0 Å². The predicted octanol–water partition coefficient (Wildman–Crippen LogP) is 1.29. The summed E-state index contributed by atoms with van der Waals surface area (Å²) >= 11 is 0. The van der Waals surface area contributed by atoms with Crippen LogP contribution in [-0.2, 0) is 16.3 Å². The first-order chi connectivity index (χ1) is 7.36. The van der Waals surface area contributed by atoms with Crippen LogP contribution in [0.15, 0.2) is 17.0 Å². The van der Waals surface area contributed by atoms with E-state index in [4.69, 9.17) is 5.11 Å². The molecule has 0 aliphatic heterocycles. The van der Waals surface area contributed by atoms with E-state index in [-0.39, 0.29) is 25.0 Å². The SMILES string of the molecule is CS(=O)(=O)c1cc(F)cc(CCCO)c1F. The molecule has 6 heteroatoms. The second kappa shape index (κ2) is 4.88.